The van der Waals surface area contributed by atoms with Crippen LogP contribution in [0.4, 0.5) is 13.2 Å². The van der Waals surface area contributed by atoms with E-state index in [-0.39, 0.29) is 27.1 Å². The van der Waals surface area contributed by atoms with Crippen LogP contribution in [0.25, 0.3) is 0 Å². The van der Waals surface area contributed by atoms with E-state index >= 15 is 0 Å². The maximum atomic E-state index is 14.1. The molecule has 10 heteroatoms. The van der Waals surface area contributed by atoms with Crippen LogP contribution in [0, 0.1) is 0 Å². The summed E-state index contributed by atoms with van der Waals surface area (Å²) in [7, 11) is 0. The van der Waals surface area contributed by atoms with Gasteiger partial charge in [-0.2, -0.15) is 13.2 Å². The van der Waals surface area contributed by atoms with E-state index in [0.29, 0.717) is 22.2 Å². The Morgan fingerprint density at radius 1 is 1.23 bits per heavy atom. The molecule has 0 bridgehead atoms. The van der Waals surface area contributed by atoms with Gasteiger partial charge in [0.2, 0.25) is 0 Å². The molecule has 160 valence electrons. The van der Waals surface area contributed by atoms with Gasteiger partial charge >= 0.3 is 6.18 Å². The number of thioether (sulfide) groups is 1. The highest BCUT2D eigenvalue weighted by molar-refractivity contribution is 9.10. The molecule has 0 saturated heterocycles. The SMILES string of the molecule is CC(=O)CCSc1ccc(C2=NOC(c3cc(Cl)cc(Cl)c3)(C(F)(F)F)C2)cc1Br. The van der Waals surface area contributed by atoms with E-state index in [1.54, 1.807) is 18.2 Å². The van der Waals surface area contributed by atoms with Crippen molar-refractivity contribution in [1.82, 2.24) is 0 Å². The summed E-state index contributed by atoms with van der Waals surface area (Å²) in [6.45, 7) is 1.52. The number of halogens is 6. The van der Waals surface area contributed by atoms with Crippen LogP contribution >= 0.6 is 50.9 Å². The number of hydrogen-bond acceptors (Lipinski definition) is 4. The van der Waals surface area contributed by atoms with Gasteiger partial charge in [0.1, 0.15) is 5.78 Å². The molecule has 0 amide bonds. The summed E-state index contributed by atoms with van der Waals surface area (Å²) in [5.41, 5.74) is -2.22. The van der Waals surface area contributed by atoms with Gasteiger partial charge in [-0.3, -0.25) is 4.79 Å². The lowest BCUT2D eigenvalue weighted by atomic mass is 9.86. The summed E-state index contributed by atoms with van der Waals surface area (Å²) in [5.74, 6) is 0.710. The molecular weight excluding hydrogens is 526 g/mol. The zero-order valence-corrected chi connectivity index (χ0v) is 19.4. The van der Waals surface area contributed by atoms with Crippen molar-refractivity contribution in [2.75, 3.05) is 5.75 Å². The van der Waals surface area contributed by atoms with E-state index in [4.69, 9.17) is 28.0 Å². The lowest BCUT2D eigenvalue weighted by Gasteiger charge is -2.29. The van der Waals surface area contributed by atoms with E-state index in [1.165, 1.54) is 36.9 Å². The highest BCUT2D eigenvalue weighted by Gasteiger charge is 2.62. The third-order valence-electron chi connectivity index (χ3n) is 4.49. The summed E-state index contributed by atoms with van der Waals surface area (Å²) in [6, 6.07) is 8.87. The molecule has 0 radical (unpaired) electrons. The molecule has 1 unspecified atom stereocenters. The van der Waals surface area contributed by atoms with Crippen molar-refractivity contribution in [2.45, 2.75) is 36.4 Å². The average Bonchev–Trinajstić information content (AvgIpc) is 3.09. The first-order valence-electron chi connectivity index (χ1n) is 8.72. The highest BCUT2D eigenvalue weighted by atomic mass is 79.9. The van der Waals surface area contributed by atoms with Crippen molar-refractivity contribution in [3.8, 4) is 0 Å². The van der Waals surface area contributed by atoms with E-state index < -0.39 is 18.2 Å². The van der Waals surface area contributed by atoms with Crippen molar-refractivity contribution in [2.24, 2.45) is 5.16 Å². The fourth-order valence-electron chi connectivity index (χ4n) is 2.95. The van der Waals surface area contributed by atoms with Crippen LogP contribution in [0.3, 0.4) is 0 Å². The fraction of sp³-hybridized carbons (Fsp3) is 0.300. The molecule has 1 heterocycles. The maximum absolute atomic E-state index is 14.1. The Morgan fingerprint density at radius 2 is 1.90 bits per heavy atom. The Bertz CT molecular complexity index is 996. The molecule has 1 aliphatic rings. The van der Waals surface area contributed by atoms with Crippen LogP contribution in [-0.2, 0) is 15.2 Å². The molecular formula is C20H15BrCl2F3NO2S. The first-order chi connectivity index (χ1) is 14.0. The largest absolute Gasteiger partial charge is 0.435 e. The number of ketones is 1. The number of carbonyl (C=O) groups excluding carboxylic acids is 1. The van der Waals surface area contributed by atoms with Crippen molar-refractivity contribution >= 4 is 62.4 Å². The lowest BCUT2D eigenvalue weighted by Crippen LogP contribution is -2.42. The number of oxime groups is 1. The molecule has 0 N–H and O–H groups in total. The van der Waals surface area contributed by atoms with E-state index in [2.05, 4.69) is 21.1 Å². The zero-order valence-electron chi connectivity index (χ0n) is 15.5. The van der Waals surface area contributed by atoms with E-state index in [9.17, 15) is 18.0 Å². The predicted molar refractivity (Wildman–Crippen MR) is 117 cm³/mol. The fourth-order valence-corrected chi connectivity index (χ4v) is 5.17. The summed E-state index contributed by atoms with van der Waals surface area (Å²) < 4.78 is 42.9. The number of carbonyl (C=O) groups is 1. The van der Waals surface area contributed by atoms with Crippen LogP contribution in [0.15, 0.2) is 50.9 Å². The van der Waals surface area contributed by atoms with Gasteiger partial charge in [-0.1, -0.05) is 34.4 Å². The number of Topliss-reactive ketones (excluding diaryl/α,β-unsaturated/α-hetero) is 1. The second-order valence-corrected chi connectivity index (χ2v) is 9.60. The van der Waals surface area contributed by atoms with Crippen molar-refractivity contribution < 1.29 is 22.8 Å². The molecule has 30 heavy (non-hydrogen) atoms. The average molecular weight is 541 g/mol. The number of benzene rings is 2. The molecule has 0 saturated carbocycles. The van der Waals surface area contributed by atoms with Crippen LogP contribution in [0.5, 0.6) is 0 Å². The molecule has 0 fully saturated rings. The topological polar surface area (TPSA) is 38.7 Å². The smallest absolute Gasteiger partial charge is 0.374 e. The van der Waals surface area contributed by atoms with Gasteiger partial charge in [0.25, 0.3) is 5.60 Å². The molecule has 1 atom stereocenters. The van der Waals surface area contributed by atoms with Crippen molar-refractivity contribution in [3.05, 3.63) is 62.0 Å². The predicted octanol–water partition coefficient (Wildman–Crippen LogP) is 7.41. The first kappa shape index (κ1) is 23.4. The summed E-state index contributed by atoms with van der Waals surface area (Å²) in [4.78, 5) is 17.0. The van der Waals surface area contributed by atoms with E-state index in [0.717, 1.165) is 4.90 Å². The lowest BCUT2D eigenvalue weighted by molar-refractivity contribution is -0.275. The monoisotopic (exact) mass is 539 g/mol. The van der Waals surface area contributed by atoms with Gasteiger partial charge in [0.05, 0.1) is 5.71 Å². The first-order valence-corrected chi connectivity index (χ1v) is 11.3. The Kier molecular flexibility index (Phi) is 7.11. The third-order valence-corrected chi connectivity index (χ3v) is 6.92. The van der Waals surface area contributed by atoms with Gasteiger partial charge in [0.15, 0.2) is 0 Å². The van der Waals surface area contributed by atoms with Gasteiger partial charge in [-0.25, -0.2) is 0 Å². The summed E-state index contributed by atoms with van der Waals surface area (Å²) in [5, 5.41) is 3.91. The number of hydrogen-bond donors (Lipinski definition) is 0. The van der Waals surface area contributed by atoms with Crippen LogP contribution in [0.2, 0.25) is 10.0 Å². The maximum Gasteiger partial charge on any atom is 0.435 e. The second-order valence-electron chi connectivity index (χ2n) is 6.73. The summed E-state index contributed by atoms with van der Waals surface area (Å²) >= 11 is 16.8. The Morgan fingerprint density at radius 3 is 2.47 bits per heavy atom. The Labute approximate surface area is 194 Å². The normalized spacial score (nSPS) is 18.8. The molecule has 2 aromatic rings. The van der Waals surface area contributed by atoms with Gasteiger partial charge in [-0.15, -0.1) is 11.8 Å². The quantitative estimate of drug-likeness (QED) is 0.358. The minimum absolute atomic E-state index is 0.0767. The molecule has 0 spiro atoms. The number of nitrogens with zero attached hydrogens (tertiary/aromatic N) is 1. The number of rotatable bonds is 6. The zero-order chi connectivity index (χ0) is 22.1. The summed E-state index contributed by atoms with van der Waals surface area (Å²) in [6.07, 6.45) is -4.82. The Balaban J connectivity index is 1.87. The van der Waals surface area contributed by atoms with Gasteiger partial charge in [0, 0.05) is 49.1 Å². The standard InChI is InChI=1S/C20H15BrCl2F3NO2S/c1-11(28)4-5-30-18-3-2-12(6-16(18)21)17-10-19(29-27-17,20(24,25)26)13-7-14(22)9-15(23)8-13/h2-3,6-9H,4-5,10H2,1H3. The minimum atomic E-state index is -4.74. The van der Waals surface area contributed by atoms with Crippen LogP contribution in [0.1, 0.15) is 30.9 Å². The van der Waals surface area contributed by atoms with Crippen molar-refractivity contribution in [3.63, 3.8) is 0 Å². The highest BCUT2D eigenvalue weighted by Crippen LogP contribution is 2.50. The van der Waals surface area contributed by atoms with Crippen LogP contribution < -0.4 is 0 Å². The molecule has 0 aromatic heterocycles. The van der Waals surface area contributed by atoms with Gasteiger partial charge in [-0.05, 0) is 53.2 Å². The molecule has 1 aliphatic heterocycles. The molecule has 3 nitrogen and oxygen atoms in total. The second kappa shape index (κ2) is 9.10. The molecule has 3 rings (SSSR count). The van der Waals surface area contributed by atoms with Crippen LogP contribution in [-0.4, -0.2) is 23.4 Å². The number of alkyl halides is 3. The Hall–Kier alpha value is -1.22. The minimum Gasteiger partial charge on any atom is -0.374 e. The molecule has 0 aliphatic carbocycles. The molecule has 2 aromatic carbocycles. The third kappa shape index (κ3) is 4.98. The van der Waals surface area contributed by atoms with Crippen molar-refractivity contribution in [1.29, 1.82) is 0 Å². The van der Waals surface area contributed by atoms with Gasteiger partial charge < -0.3 is 4.84 Å². The van der Waals surface area contributed by atoms with E-state index in [1.807, 2.05) is 0 Å².